The first-order chi connectivity index (χ1) is 15.8. The van der Waals surface area contributed by atoms with E-state index in [0.29, 0.717) is 12.8 Å². The van der Waals surface area contributed by atoms with Crippen molar-refractivity contribution in [2.45, 2.75) is 59.7 Å². The molecule has 0 aliphatic rings. The molecular weight excluding hydrogens is 453 g/mol. The van der Waals surface area contributed by atoms with E-state index >= 15 is 0 Å². The highest BCUT2D eigenvalue weighted by Crippen LogP contribution is 2.40. The summed E-state index contributed by atoms with van der Waals surface area (Å²) < 4.78 is 16.9. The van der Waals surface area contributed by atoms with Crippen LogP contribution in [0.3, 0.4) is 0 Å². The van der Waals surface area contributed by atoms with Gasteiger partial charge in [-0.1, -0.05) is 32.0 Å². The first-order valence-corrected chi connectivity index (χ1v) is 13.8. The third-order valence-corrected chi connectivity index (χ3v) is 6.45. The molecule has 0 spiro atoms. The van der Waals surface area contributed by atoms with E-state index in [0.717, 1.165) is 27.8 Å². The van der Waals surface area contributed by atoms with Gasteiger partial charge in [0.15, 0.2) is 0 Å². The molecular formula is C26H36NO6P. The van der Waals surface area contributed by atoms with Crippen molar-refractivity contribution < 1.29 is 28.9 Å². The molecule has 0 radical (unpaired) electrons. The van der Waals surface area contributed by atoms with E-state index in [1.165, 1.54) is 12.7 Å². The Kier molecular flexibility index (Phi) is 9.48. The first-order valence-electron chi connectivity index (χ1n) is 11.5. The highest BCUT2D eigenvalue weighted by molar-refractivity contribution is 7.56. The van der Waals surface area contributed by atoms with E-state index in [1.807, 2.05) is 39.8 Å². The molecule has 3 N–H and O–H groups in total. The fraction of sp³-hybridized carbons (Fsp3) is 0.462. The van der Waals surface area contributed by atoms with Gasteiger partial charge in [-0.15, -0.1) is 0 Å². The molecule has 0 fully saturated rings. The van der Waals surface area contributed by atoms with Crippen LogP contribution in [0.25, 0.3) is 0 Å². The second-order valence-electron chi connectivity index (χ2n) is 9.35. The number of aromatic hydroxyl groups is 1. The molecule has 34 heavy (non-hydrogen) atoms. The van der Waals surface area contributed by atoms with Crippen molar-refractivity contribution in [3.05, 3.63) is 63.7 Å². The van der Waals surface area contributed by atoms with E-state index in [2.05, 4.69) is 5.32 Å². The first kappa shape index (κ1) is 27.6. The predicted octanol–water partition coefficient (Wildman–Crippen LogP) is 4.71. The SMILES string of the molecule is CCOC(=O)C(CC(C)C)NC(=O)c1cc(Cc2c(C)cc(CP(C)(=O)O)cc2C)ccc1O. The Balaban J connectivity index is 2.28. The number of ether oxygens (including phenoxy) is 1. The van der Waals surface area contributed by atoms with Gasteiger partial charge in [0.25, 0.3) is 5.91 Å². The van der Waals surface area contributed by atoms with Crippen molar-refractivity contribution in [3.63, 3.8) is 0 Å². The number of amides is 1. The molecule has 0 aliphatic carbocycles. The fourth-order valence-corrected chi connectivity index (χ4v) is 4.90. The molecule has 0 saturated carbocycles. The van der Waals surface area contributed by atoms with Gasteiger partial charge in [0, 0.05) is 12.8 Å². The molecule has 1 amide bonds. The topological polar surface area (TPSA) is 113 Å². The number of nitrogens with one attached hydrogen (secondary N) is 1. The Morgan fingerprint density at radius 2 is 1.71 bits per heavy atom. The highest BCUT2D eigenvalue weighted by atomic mass is 31.2. The fourth-order valence-electron chi connectivity index (χ4n) is 4.04. The molecule has 2 aromatic rings. The van der Waals surface area contributed by atoms with Gasteiger partial charge >= 0.3 is 5.97 Å². The lowest BCUT2D eigenvalue weighted by Gasteiger charge is -2.19. The van der Waals surface area contributed by atoms with Gasteiger partial charge in [-0.2, -0.15) is 0 Å². The number of rotatable bonds is 10. The third kappa shape index (κ3) is 8.00. The average Bonchev–Trinajstić information content (AvgIpc) is 2.70. The van der Waals surface area contributed by atoms with Gasteiger partial charge in [0.2, 0.25) is 7.37 Å². The van der Waals surface area contributed by atoms with E-state index in [9.17, 15) is 24.2 Å². The highest BCUT2D eigenvalue weighted by Gasteiger charge is 2.25. The molecule has 0 aliphatic heterocycles. The molecule has 0 saturated heterocycles. The summed E-state index contributed by atoms with van der Waals surface area (Å²) in [5.41, 5.74) is 4.75. The lowest BCUT2D eigenvalue weighted by molar-refractivity contribution is -0.145. The third-order valence-electron chi connectivity index (χ3n) is 5.50. The van der Waals surface area contributed by atoms with Crippen LogP contribution >= 0.6 is 7.37 Å². The Labute approximate surface area is 202 Å². The average molecular weight is 490 g/mol. The Bertz CT molecular complexity index is 1070. The standard InChI is InChI=1S/C26H36NO6P/c1-7-33-26(30)23(10-16(2)3)27-25(29)22-14-19(8-9-24(22)28)13-21-17(4)11-20(12-18(21)5)15-34(6,31)32/h8-9,11-12,14,16,23,28H,7,10,13,15H2,1-6H3,(H,27,29)(H,31,32). The molecule has 186 valence electrons. The van der Waals surface area contributed by atoms with Crippen LogP contribution < -0.4 is 5.32 Å². The lowest BCUT2D eigenvalue weighted by Crippen LogP contribution is -2.42. The van der Waals surface area contributed by atoms with Gasteiger partial charge in [-0.05, 0) is 79.5 Å². The summed E-state index contributed by atoms with van der Waals surface area (Å²) in [6.45, 7) is 11.1. The Hall–Kier alpha value is -2.63. The van der Waals surface area contributed by atoms with Crippen LogP contribution in [0, 0.1) is 19.8 Å². The van der Waals surface area contributed by atoms with Crippen LogP contribution in [0.4, 0.5) is 0 Å². The maximum absolute atomic E-state index is 13.0. The molecule has 0 aromatic heterocycles. The zero-order valence-corrected chi connectivity index (χ0v) is 21.7. The Morgan fingerprint density at radius 3 is 2.24 bits per heavy atom. The molecule has 2 atom stereocenters. The van der Waals surface area contributed by atoms with Crippen molar-refractivity contribution in [3.8, 4) is 5.75 Å². The maximum atomic E-state index is 13.0. The summed E-state index contributed by atoms with van der Waals surface area (Å²) in [7, 11) is -3.17. The second-order valence-corrected chi connectivity index (χ2v) is 11.8. The van der Waals surface area contributed by atoms with E-state index in [4.69, 9.17) is 4.74 Å². The number of carbonyl (C=O) groups excluding carboxylic acids is 2. The molecule has 2 aromatic carbocycles. The summed E-state index contributed by atoms with van der Waals surface area (Å²) in [4.78, 5) is 35.0. The van der Waals surface area contributed by atoms with Gasteiger partial charge in [-0.3, -0.25) is 9.36 Å². The zero-order valence-electron chi connectivity index (χ0n) is 20.8. The number of hydrogen-bond donors (Lipinski definition) is 3. The monoisotopic (exact) mass is 489 g/mol. The number of aryl methyl sites for hydroxylation is 2. The lowest BCUT2D eigenvalue weighted by atomic mass is 9.93. The van der Waals surface area contributed by atoms with Gasteiger partial charge in [0.1, 0.15) is 11.8 Å². The Morgan fingerprint density at radius 1 is 1.09 bits per heavy atom. The zero-order chi connectivity index (χ0) is 25.6. The second kappa shape index (κ2) is 11.7. The van der Waals surface area contributed by atoms with E-state index in [1.54, 1.807) is 19.1 Å². The van der Waals surface area contributed by atoms with Gasteiger partial charge in [0.05, 0.1) is 12.2 Å². The van der Waals surface area contributed by atoms with E-state index in [-0.39, 0.29) is 30.0 Å². The molecule has 2 rings (SSSR count). The summed E-state index contributed by atoms with van der Waals surface area (Å²) in [5, 5.41) is 13.0. The van der Waals surface area contributed by atoms with Crippen molar-refractivity contribution in [1.82, 2.24) is 5.32 Å². The largest absolute Gasteiger partial charge is 0.507 e. The summed E-state index contributed by atoms with van der Waals surface area (Å²) >= 11 is 0. The van der Waals surface area contributed by atoms with Gasteiger partial charge < -0.3 is 20.1 Å². The smallest absolute Gasteiger partial charge is 0.328 e. The molecule has 8 heteroatoms. The van der Waals surface area contributed by atoms with Crippen molar-refractivity contribution >= 4 is 19.2 Å². The number of phenols is 1. The minimum absolute atomic E-state index is 0.0923. The predicted molar refractivity (Wildman–Crippen MR) is 134 cm³/mol. The number of esters is 1. The van der Waals surface area contributed by atoms with Crippen LogP contribution in [-0.4, -0.2) is 41.2 Å². The van der Waals surface area contributed by atoms with Crippen molar-refractivity contribution in [2.24, 2.45) is 5.92 Å². The maximum Gasteiger partial charge on any atom is 0.328 e. The normalized spacial score (nSPS) is 13.9. The molecule has 0 bridgehead atoms. The van der Waals surface area contributed by atoms with Crippen molar-refractivity contribution in [2.75, 3.05) is 13.3 Å². The number of hydrogen-bond acceptors (Lipinski definition) is 5. The number of benzene rings is 2. The number of carbonyl (C=O) groups is 2. The summed E-state index contributed by atoms with van der Waals surface area (Å²) in [6.07, 6.45) is 1.07. The minimum Gasteiger partial charge on any atom is -0.507 e. The van der Waals surface area contributed by atoms with Crippen LogP contribution in [0.5, 0.6) is 5.75 Å². The summed E-state index contributed by atoms with van der Waals surface area (Å²) in [6, 6.07) is 7.89. The number of phenolic OH excluding ortho intramolecular Hbond substituents is 1. The van der Waals surface area contributed by atoms with Crippen molar-refractivity contribution in [1.29, 1.82) is 0 Å². The molecule has 0 heterocycles. The summed E-state index contributed by atoms with van der Waals surface area (Å²) in [5.74, 6) is -1.04. The minimum atomic E-state index is -3.17. The molecule has 7 nitrogen and oxygen atoms in total. The molecule has 2 unspecified atom stereocenters. The quantitative estimate of drug-likeness (QED) is 0.329. The van der Waals surface area contributed by atoms with Gasteiger partial charge in [-0.25, -0.2) is 4.79 Å². The van der Waals surface area contributed by atoms with Crippen LogP contribution in [0.15, 0.2) is 30.3 Å². The van der Waals surface area contributed by atoms with Crippen LogP contribution in [0.2, 0.25) is 0 Å². The van der Waals surface area contributed by atoms with E-state index < -0.39 is 25.3 Å². The van der Waals surface area contributed by atoms with Crippen LogP contribution in [0.1, 0.15) is 65.4 Å². The van der Waals surface area contributed by atoms with Crippen LogP contribution in [-0.2, 0) is 26.7 Å².